The van der Waals surface area contributed by atoms with Crippen LogP contribution >= 0.6 is 0 Å². The smallest absolute Gasteiger partial charge is 0.177 e. The van der Waals surface area contributed by atoms with Gasteiger partial charge in [-0.2, -0.15) is 0 Å². The van der Waals surface area contributed by atoms with Crippen LogP contribution in [0.2, 0.25) is 0 Å². The number of nitrogens with zero attached hydrogens (tertiary/aromatic N) is 2. The zero-order chi connectivity index (χ0) is 9.97. The van der Waals surface area contributed by atoms with Gasteiger partial charge >= 0.3 is 0 Å². The van der Waals surface area contributed by atoms with Gasteiger partial charge in [0.15, 0.2) is 5.65 Å². The summed E-state index contributed by atoms with van der Waals surface area (Å²) < 4.78 is 0. The van der Waals surface area contributed by atoms with Crippen molar-refractivity contribution in [3.05, 3.63) is 24.2 Å². The Bertz CT molecular complexity index is 386. The number of fused-ring (bicyclic) bond motifs is 1. The van der Waals surface area contributed by atoms with Crippen molar-refractivity contribution in [2.45, 2.75) is 26.7 Å². The number of aromatic nitrogens is 3. The molecule has 0 amide bonds. The van der Waals surface area contributed by atoms with E-state index >= 15 is 0 Å². The van der Waals surface area contributed by atoms with E-state index < -0.39 is 0 Å². The normalized spacial score (nSPS) is 13.3. The van der Waals surface area contributed by atoms with Crippen molar-refractivity contribution in [2.75, 3.05) is 0 Å². The van der Waals surface area contributed by atoms with Gasteiger partial charge in [0, 0.05) is 12.6 Å². The molecule has 3 nitrogen and oxygen atoms in total. The summed E-state index contributed by atoms with van der Waals surface area (Å²) in [6, 6.07) is 3.93. The molecule has 2 aromatic heterocycles. The van der Waals surface area contributed by atoms with Crippen molar-refractivity contribution in [2.24, 2.45) is 5.92 Å². The molecule has 0 aliphatic heterocycles. The SMILES string of the molecule is CCC(C)Cc1nc2ncccc2[nH]1. The number of rotatable bonds is 3. The number of aromatic amines is 1. The van der Waals surface area contributed by atoms with Gasteiger partial charge in [0.25, 0.3) is 0 Å². The van der Waals surface area contributed by atoms with Crippen molar-refractivity contribution in [3.8, 4) is 0 Å². The number of H-pyrrole nitrogens is 1. The predicted octanol–water partition coefficient (Wildman–Crippen LogP) is 2.55. The highest BCUT2D eigenvalue weighted by Crippen LogP contribution is 2.12. The van der Waals surface area contributed by atoms with Crippen molar-refractivity contribution < 1.29 is 0 Å². The molecule has 0 saturated heterocycles. The molecule has 0 radical (unpaired) electrons. The summed E-state index contributed by atoms with van der Waals surface area (Å²) in [6.45, 7) is 4.44. The van der Waals surface area contributed by atoms with Gasteiger partial charge in [-0.25, -0.2) is 9.97 Å². The fraction of sp³-hybridized carbons (Fsp3) is 0.455. The van der Waals surface area contributed by atoms with Gasteiger partial charge < -0.3 is 4.98 Å². The summed E-state index contributed by atoms with van der Waals surface area (Å²) >= 11 is 0. The van der Waals surface area contributed by atoms with Crippen LogP contribution in [0.1, 0.15) is 26.1 Å². The van der Waals surface area contributed by atoms with E-state index in [1.165, 1.54) is 6.42 Å². The lowest BCUT2D eigenvalue weighted by atomic mass is 10.1. The van der Waals surface area contributed by atoms with E-state index in [0.717, 1.165) is 23.4 Å². The molecule has 0 fully saturated rings. The average Bonchev–Trinajstić information content (AvgIpc) is 2.59. The Kier molecular flexibility index (Phi) is 2.48. The van der Waals surface area contributed by atoms with Crippen LogP contribution in [0.25, 0.3) is 11.2 Å². The molecule has 74 valence electrons. The summed E-state index contributed by atoms with van der Waals surface area (Å²) in [6.07, 6.45) is 3.97. The van der Waals surface area contributed by atoms with Crippen LogP contribution < -0.4 is 0 Å². The molecule has 1 atom stereocenters. The second kappa shape index (κ2) is 3.78. The highest BCUT2D eigenvalue weighted by atomic mass is 15.0. The van der Waals surface area contributed by atoms with E-state index in [-0.39, 0.29) is 0 Å². The zero-order valence-electron chi connectivity index (χ0n) is 8.62. The van der Waals surface area contributed by atoms with Gasteiger partial charge in [0.2, 0.25) is 0 Å². The van der Waals surface area contributed by atoms with Gasteiger partial charge in [-0.15, -0.1) is 0 Å². The molecule has 0 aromatic carbocycles. The Morgan fingerprint density at radius 3 is 3.07 bits per heavy atom. The topological polar surface area (TPSA) is 41.6 Å². The molecule has 0 bridgehead atoms. The monoisotopic (exact) mass is 189 g/mol. The summed E-state index contributed by atoms with van der Waals surface area (Å²) in [5.74, 6) is 1.73. The van der Waals surface area contributed by atoms with Gasteiger partial charge in [0.05, 0.1) is 5.52 Å². The lowest BCUT2D eigenvalue weighted by Crippen LogP contribution is -1.99. The molecule has 0 aliphatic rings. The third kappa shape index (κ3) is 1.76. The fourth-order valence-electron chi connectivity index (χ4n) is 1.47. The first-order chi connectivity index (χ1) is 6.79. The molecule has 0 aliphatic carbocycles. The molecule has 14 heavy (non-hydrogen) atoms. The molecule has 1 N–H and O–H groups in total. The van der Waals surface area contributed by atoms with Crippen LogP contribution in [0.3, 0.4) is 0 Å². The highest BCUT2D eigenvalue weighted by molar-refractivity contribution is 5.69. The number of hydrogen-bond donors (Lipinski definition) is 1. The van der Waals surface area contributed by atoms with Gasteiger partial charge in [-0.05, 0) is 18.1 Å². The molecule has 3 heteroatoms. The Morgan fingerprint density at radius 1 is 1.50 bits per heavy atom. The van der Waals surface area contributed by atoms with Crippen molar-refractivity contribution in [1.82, 2.24) is 15.0 Å². The minimum Gasteiger partial charge on any atom is -0.341 e. The van der Waals surface area contributed by atoms with Crippen molar-refractivity contribution in [1.29, 1.82) is 0 Å². The lowest BCUT2D eigenvalue weighted by molar-refractivity contribution is 0.547. The maximum absolute atomic E-state index is 4.43. The summed E-state index contributed by atoms with van der Waals surface area (Å²) in [4.78, 5) is 11.9. The molecule has 0 saturated carbocycles. The van der Waals surface area contributed by atoms with E-state index in [1.807, 2.05) is 12.1 Å². The molecule has 0 spiro atoms. The highest BCUT2D eigenvalue weighted by Gasteiger charge is 2.06. The maximum Gasteiger partial charge on any atom is 0.177 e. The Labute approximate surface area is 83.6 Å². The van der Waals surface area contributed by atoms with E-state index in [0.29, 0.717) is 5.92 Å². The summed E-state index contributed by atoms with van der Waals surface area (Å²) in [5, 5.41) is 0. The molecular weight excluding hydrogens is 174 g/mol. The van der Waals surface area contributed by atoms with Crippen LogP contribution in [-0.4, -0.2) is 15.0 Å². The van der Waals surface area contributed by atoms with Crippen LogP contribution in [0, 0.1) is 5.92 Å². The summed E-state index contributed by atoms with van der Waals surface area (Å²) in [7, 11) is 0. The van der Waals surface area contributed by atoms with Crippen LogP contribution in [0.15, 0.2) is 18.3 Å². The first kappa shape index (κ1) is 9.19. The fourth-order valence-corrected chi connectivity index (χ4v) is 1.47. The zero-order valence-corrected chi connectivity index (χ0v) is 8.62. The van der Waals surface area contributed by atoms with Gasteiger partial charge in [0.1, 0.15) is 5.82 Å². The second-order valence-corrected chi connectivity index (χ2v) is 3.78. The first-order valence-electron chi connectivity index (χ1n) is 5.09. The molecule has 1 unspecified atom stereocenters. The maximum atomic E-state index is 4.43. The van der Waals surface area contributed by atoms with E-state index in [4.69, 9.17) is 0 Å². The quantitative estimate of drug-likeness (QED) is 0.806. The third-order valence-corrected chi connectivity index (χ3v) is 2.55. The molecule has 2 rings (SSSR count). The molecule has 2 heterocycles. The predicted molar refractivity (Wildman–Crippen MR) is 57.0 cm³/mol. The summed E-state index contributed by atoms with van der Waals surface area (Å²) in [5.41, 5.74) is 1.86. The Morgan fingerprint density at radius 2 is 2.36 bits per heavy atom. The van der Waals surface area contributed by atoms with Crippen LogP contribution in [-0.2, 0) is 6.42 Å². The molecular formula is C11H15N3. The number of imidazole rings is 1. The van der Waals surface area contributed by atoms with E-state index in [9.17, 15) is 0 Å². The van der Waals surface area contributed by atoms with Crippen molar-refractivity contribution in [3.63, 3.8) is 0 Å². The van der Waals surface area contributed by atoms with Crippen LogP contribution in [0.4, 0.5) is 0 Å². The van der Waals surface area contributed by atoms with E-state index in [1.54, 1.807) is 6.20 Å². The van der Waals surface area contributed by atoms with E-state index in [2.05, 4.69) is 28.8 Å². The van der Waals surface area contributed by atoms with Crippen LogP contribution in [0.5, 0.6) is 0 Å². The minimum atomic E-state index is 0.676. The largest absolute Gasteiger partial charge is 0.341 e. The molecule has 2 aromatic rings. The van der Waals surface area contributed by atoms with Crippen molar-refractivity contribution >= 4 is 11.2 Å². The van der Waals surface area contributed by atoms with Gasteiger partial charge in [-0.1, -0.05) is 20.3 Å². The Hall–Kier alpha value is -1.38. The Balaban J connectivity index is 2.27. The average molecular weight is 189 g/mol. The first-order valence-corrected chi connectivity index (χ1v) is 5.09. The lowest BCUT2D eigenvalue weighted by Gasteiger charge is -2.03. The second-order valence-electron chi connectivity index (χ2n) is 3.78. The third-order valence-electron chi connectivity index (χ3n) is 2.55. The standard InChI is InChI=1S/C11H15N3/c1-3-8(2)7-10-13-9-5-4-6-12-11(9)14-10/h4-6,8H,3,7H2,1-2H3,(H,12,13,14). The number of pyridine rings is 1. The number of nitrogens with one attached hydrogen (secondary N) is 1. The minimum absolute atomic E-state index is 0.676. The van der Waals surface area contributed by atoms with Gasteiger partial charge in [-0.3, -0.25) is 0 Å². The number of hydrogen-bond acceptors (Lipinski definition) is 2.